The van der Waals surface area contributed by atoms with Gasteiger partial charge < -0.3 is 19.6 Å². The first-order valence-electron chi connectivity index (χ1n) is 6.63. The number of fused-ring (bicyclic) bond motifs is 2. The number of carboxylic acids is 1. The van der Waals surface area contributed by atoms with Crippen LogP contribution < -0.4 is 14.8 Å². The topological polar surface area (TPSA) is 96.5 Å². The Bertz CT molecular complexity index is 712. The Morgan fingerprint density at radius 1 is 1.33 bits per heavy atom. The van der Waals surface area contributed by atoms with E-state index >= 15 is 0 Å². The quantitative estimate of drug-likeness (QED) is 0.757. The Balaban J connectivity index is 1.75. The minimum Gasteiger partial charge on any atom is -0.480 e. The van der Waals surface area contributed by atoms with Crippen molar-refractivity contribution in [3.63, 3.8) is 0 Å². The lowest BCUT2D eigenvalue weighted by molar-refractivity contribution is -0.139. The van der Waals surface area contributed by atoms with E-state index in [-0.39, 0.29) is 12.8 Å². The van der Waals surface area contributed by atoms with Crippen LogP contribution in [0.5, 0.6) is 11.5 Å². The number of aromatic amines is 1. The van der Waals surface area contributed by atoms with E-state index in [4.69, 9.17) is 9.47 Å². The van der Waals surface area contributed by atoms with Gasteiger partial charge in [0.1, 0.15) is 6.04 Å². The smallest absolute Gasteiger partial charge is 0.321 e. The molecule has 0 unspecified atom stereocenters. The fourth-order valence-corrected chi connectivity index (χ4v) is 2.79. The van der Waals surface area contributed by atoms with Gasteiger partial charge in [-0.1, -0.05) is 6.07 Å². The average Bonchev–Trinajstić information content (AvgIpc) is 3.13. The predicted octanol–water partition coefficient (Wildman–Crippen LogP) is 0.827. The second kappa shape index (κ2) is 4.49. The van der Waals surface area contributed by atoms with Crippen LogP contribution in [0.25, 0.3) is 0 Å². The van der Waals surface area contributed by atoms with Gasteiger partial charge in [0, 0.05) is 12.1 Å². The second-order valence-electron chi connectivity index (χ2n) is 5.07. The molecule has 0 bridgehead atoms. The molecule has 2 aliphatic rings. The zero-order valence-electron chi connectivity index (χ0n) is 11.0. The highest BCUT2D eigenvalue weighted by atomic mass is 16.7. The van der Waals surface area contributed by atoms with Gasteiger partial charge in [0.15, 0.2) is 11.5 Å². The van der Waals surface area contributed by atoms with E-state index in [2.05, 4.69) is 15.3 Å². The molecule has 2 atom stereocenters. The van der Waals surface area contributed by atoms with Gasteiger partial charge in [0.05, 0.1) is 18.1 Å². The van der Waals surface area contributed by atoms with Crippen LogP contribution in [0.15, 0.2) is 24.5 Å². The van der Waals surface area contributed by atoms with Crippen molar-refractivity contribution in [2.24, 2.45) is 0 Å². The number of ether oxygens (including phenoxy) is 2. The molecule has 3 N–H and O–H groups in total. The largest absolute Gasteiger partial charge is 0.480 e. The number of aromatic nitrogens is 2. The van der Waals surface area contributed by atoms with E-state index in [1.165, 1.54) is 0 Å². The Morgan fingerprint density at radius 3 is 3.05 bits per heavy atom. The number of imidazole rings is 1. The van der Waals surface area contributed by atoms with Gasteiger partial charge in [-0.2, -0.15) is 0 Å². The molecular weight excluding hydrogens is 274 g/mol. The molecule has 0 saturated carbocycles. The zero-order valence-corrected chi connectivity index (χ0v) is 11.0. The third kappa shape index (κ3) is 1.93. The first-order valence-corrected chi connectivity index (χ1v) is 6.63. The van der Waals surface area contributed by atoms with Gasteiger partial charge in [-0.25, -0.2) is 4.98 Å². The van der Waals surface area contributed by atoms with Crippen LogP contribution in [0, 0.1) is 0 Å². The standard InChI is InChI=1S/C14H13N3O4/c18-14(19)9-4-8-13(16-5-15-8)12(17-9)7-1-2-10-11(3-7)21-6-20-10/h1-3,5,9,12,17H,4,6H2,(H,15,16)(H,18,19)/t9-,12+/m0/s1. The van der Waals surface area contributed by atoms with Crippen molar-refractivity contribution in [3.05, 3.63) is 41.5 Å². The summed E-state index contributed by atoms with van der Waals surface area (Å²) in [5, 5.41) is 12.4. The normalized spacial score (nSPS) is 22.9. The summed E-state index contributed by atoms with van der Waals surface area (Å²) >= 11 is 0. The molecule has 0 spiro atoms. The third-order valence-corrected chi connectivity index (χ3v) is 3.83. The SMILES string of the molecule is O=C(O)[C@@H]1Cc2[nH]cnc2[C@@H](c2ccc3c(c2)OCO3)N1. The Hall–Kier alpha value is -2.54. The van der Waals surface area contributed by atoms with Crippen molar-refractivity contribution in [2.45, 2.75) is 18.5 Å². The van der Waals surface area contributed by atoms with Crippen LogP contribution in [0.2, 0.25) is 0 Å². The second-order valence-corrected chi connectivity index (χ2v) is 5.07. The highest BCUT2D eigenvalue weighted by Crippen LogP contribution is 2.37. The number of rotatable bonds is 2. The van der Waals surface area contributed by atoms with Crippen molar-refractivity contribution < 1.29 is 19.4 Å². The first kappa shape index (κ1) is 12.2. The molecule has 0 saturated heterocycles. The molecule has 108 valence electrons. The van der Waals surface area contributed by atoms with Crippen LogP contribution in [0.4, 0.5) is 0 Å². The molecule has 7 nitrogen and oxygen atoms in total. The average molecular weight is 287 g/mol. The molecule has 0 radical (unpaired) electrons. The molecule has 0 amide bonds. The number of hydrogen-bond donors (Lipinski definition) is 3. The van der Waals surface area contributed by atoms with E-state index in [0.29, 0.717) is 17.9 Å². The number of benzene rings is 1. The summed E-state index contributed by atoms with van der Waals surface area (Å²) in [5.41, 5.74) is 2.58. The fourth-order valence-electron chi connectivity index (χ4n) is 2.79. The van der Waals surface area contributed by atoms with Crippen molar-refractivity contribution in [1.82, 2.24) is 15.3 Å². The number of aliphatic carboxylic acids is 1. The van der Waals surface area contributed by atoms with Crippen LogP contribution in [-0.2, 0) is 11.2 Å². The summed E-state index contributed by atoms with van der Waals surface area (Å²) in [6.45, 7) is 0.211. The molecule has 1 aromatic carbocycles. The van der Waals surface area contributed by atoms with Crippen molar-refractivity contribution in [2.75, 3.05) is 6.79 Å². The van der Waals surface area contributed by atoms with Gasteiger partial charge in [-0.3, -0.25) is 10.1 Å². The van der Waals surface area contributed by atoms with Crippen LogP contribution >= 0.6 is 0 Å². The van der Waals surface area contributed by atoms with Crippen molar-refractivity contribution in [3.8, 4) is 11.5 Å². The van der Waals surface area contributed by atoms with Crippen molar-refractivity contribution >= 4 is 5.97 Å². The lowest BCUT2D eigenvalue weighted by Crippen LogP contribution is -2.45. The summed E-state index contributed by atoms with van der Waals surface area (Å²) in [6, 6.07) is 4.66. The lowest BCUT2D eigenvalue weighted by atomic mass is 9.94. The van der Waals surface area contributed by atoms with Crippen LogP contribution in [0.3, 0.4) is 0 Å². The molecule has 1 aromatic heterocycles. The van der Waals surface area contributed by atoms with Gasteiger partial charge in [-0.05, 0) is 17.7 Å². The summed E-state index contributed by atoms with van der Waals surface area (Å²) in [6.07, 6.45) is 1.99. The fraction of sp³-hybridized carbons (Fsp3) is 0.286. The molecular formula is C14H13N3O4. The van der Waals surface area contributed by atoms with Gasteiger partial charge in [-0.15, -0.1) is 0 Å². The molecule has 0 fully saturated rings. The van der Waals surface area contributed by atoms with Crippen LogP contribution in [-0.4, -0.2) is 33.9 Å². The van der Waals surface area contributed by atoms with E-state index in [0.717, 1.165) is 17.0 Å². The third-order valence-electron chi connectivity index (χ3n) is 3.83. The van der Waals surface area contributed by atoms with E-state index in [9.17, 15) is 9.90 Å². The Kier molecular flexibility index (Phi) is 2.61. The van der Waals surface area contributed by atoms with Crippen LogP contribution in [0.1, 0.15) is 23.0 Å². The molecule has 21 heavy (non-hydrogen) atoms. The van der Waals surface area contributed by atoms with Gasteiger partial charge in [0.2, 0.25) is 6.79 Å². The minimum absolute atomic E-state index is 0.211. The van der Waals surface area contributed by atoms with E-state index in [1.807, 2.05) is 18.2 Å². The van der Waals surface area contributed by atoms with Gasteiger partial charge in [0.25, 0.3) is 0 Å². The molecule has 2 aromatic rings. The summed E-state index contributed by atoms with van der Waals surface area (Å²) in [5.74, 6) is 0.497. The number of H-pyrrole nitrogens is 1. The lowest BCUT2D eigenvalue weighted by Gasteiger charge is -2.28. The number of nitrogens with zero attached hydrogens (tertiary/aromatic N) is 1. The minimum atomic E-state index is -0.874. The molecule has 2 aliphatic heterocycles. The molecule has 3 heterocycles. The highest BCUT2D eigenvalue weighted by molar-refractivity contribution is 5.74. The Morgan fingerprint density at radius 2 is 2.19 bits per heavy atom. The maximum atomic E-state index is 11.3. The molecule has 7 heteroatoms. The number of carboxylic acid groups (broad SMARTS) is 1. The first-order chi connectivity index (χ1) is 10.2. The Labute approximate surface area is 119 Å². The van der Waals surface area contributed by atoms with Gasteiger partial charge >= 0.3 is 5.97 Å². The number of hydrogen-bond acceptors (Lipinski definition) is 5. The summed E-state index contributed by atoms with van der Waals surface area (Å²) < 4.78 is 10.7. The molecule has 0 aliphatic carbocycles. The maximum absolute atomic E-state index is 11.3. The van der Waals surface area contributed by atoms with Crippen molar-refractivity contribution in [1.29, 1.82) is 0 Å². The monoisotopic (exact) mass is 287 g/mol. The summed E-state index contributed by atoms with van der Waals surface area (Å²) in [7, 11) is 0. The maximum Gasteiger partial charge on any atom is 0.321 e. The predicted molar refractivity (Wildman–Crippen MR) is 71.3 cm³/mol. The number of nitrogens with one attached hydrogen (secondary N) is 2. The molecule has 4 rings (SSSR count). The highest BCUT2D eigenvalue weighted by Gasteiger charge is 2.33. The zero-order chi connectivity index (χ0) is 14.4. The van der Waals surface area contributed by atoms with E-state index < -0.39 is 12.0 Å². The summed E-state index contributed by atoms with van der Waals surface area (Å²) in [4.78, 5) is 18.7. The number of carbonyl (C=O) groups is 1. The van der Waals surface area contributed by atoms with E-state index in [1.54, 1.807) is 6.33 Å².